The van der Waals surface area contributed by atoms with Crippen LogP contribution in [0.1, 0.15) is 33.6 Å². The van der Waals surface area contributed by atoms with Crippen LogP contribution in [0.3, 0.4) is 0 Å². The number of carbonyl (C=O) groups is 1. The van der Waals surface area contributed by atoms with Gasteiger partial charge in [0, 0.05) is 53.3 Å². The summed E-state index contributed by atoms with van der Waals surface area (Å²) in [6.45, 7) is 0.194. The van der Waals surface area contributed by atoms with Gasteiger partial charge in [0.1, 0.15) is 4.21 Å². The molecule has 3 N–H and O–H groups in total. The summed E-state index contributed by atoms with van der Waals surface area (Å²) in [6.07, 6.45) is 0.617. The van der Waals surface area contributed by atoms with Crippen LogP contribution in [0.4, 0.5) is 24.5 Å². The van der Waals surface area contributed by atoms with Crippen molar-refractivity contribution in [1.82, 2.24) is 4.31 Å². The number of primary amides is 1. The predicted molar refractivity (Wildman–Crippen MR) is 144 cm³/mol. The van der Waals surface area contributed by atoms with E-state index in [4.69, 9.17) is 5.73 Å². The molecule has 41 heavy (non-hydrogen) atoms. The van der Waals surface area contributed by atoms with Crippen molar-refractivity contribution in [2.75, 3.05) is 18.4 Å². The van der Waals surface area contributed by atoms with E-state index in [0.717, 1.165) is 23.5 Å². The summed E-state index contributed by atoms with van der Waals surface area (Å²) in [4.78, 5) is 22.0. The fraction of sp³-hybridized carbons (Fsp3) is 0.292. The summed E-state index contributed by atoms with van der Waals surface area (Å²) < 4.78 is 89.9. The number of sulfonamides is 1. The summed E-state index contributed by atoms with van der Waals surface area (Å²) in [5, 5.41) is 14.4. The van der Waals surface area contributed by atoms with E-state index in [1.807, 2.05) is 0 Å². The maximum absolute atomic E-state index is 13.3. The molecule has 0 spiro atoms. The first-order valence-electron chi connectivity index (χ1n) is 11.9. The number of piperidine rings is 1. The zero-order valence-corrected chi connectivity index (χ0v) is 23.4. The van der Waals surface area contributed by atoms with Crippen LogP contribution in [-0.2, 0) is 26.3 Å². The Bertz CT molecular complexity index is 1700. The van der Waals surface area contributed by atoms with E-state index < -0.39 is 41.1 Å². The number of nitrogens with one attached hydrogen (secondary N) is 1. The van der Waals surface area contributed by atoms with E-state index in [9.17, 15) is 44.9 Å². The Morgan fingerprint density at radius 2 is 1.76 bits per heavy atom. The molecule has 1 aromatic heterocycles. The molecule has 0 aliphatic carbocycles. The molecule has 0 unspecified atom stereocenters. The molecule has 1 aliphatic heterocycles. The van der Waals surface area contributed by atoms with Crippen molar-refractivity contribution in [2.45, 2.75) is 39.9 Å². The second-order valence-corrected chi connectivity index (χ2v) is 14.4. The van der Waals surface area contributed by atoms with Crippen LogP contribution in [0.5, 0.6) is 0 Å². The molecule has 0 radical (unpaired) electrons. The van der Waals surface area contributed by atoms with Crippen LogP contribution in [0.15, 0.2) is 63.7 Å². The smallest absolute Gasteiger partial charge is 0.382 e. The van der Waals surface area contributed by atoms with Gasteiger partial charge >= 0.3 is 5.51 Å². The van der Waals surface area contributed by atoms with E-state index >= 15 is 0 Å². The van der Waals surface area contributed by atoms with Crippen LogP contribution in [-0.4, -0.2) is 56.6 Å². The van der Waals surface area contributed by atoms with E-state index in [1.165, 1.54) is 46.8 Å². The van der Waals surface area contributed by atoms with E-state index in [0.29, 0.717) is 17.7 Å². The highest BCUT2D eigenvalue weighted by molar-refractivity contribution is 7.92. The van der Waals surface area contributed by atoms with E-state index in [1.54, 1.807) is 0 Å². The van der Waals surface area contributed by atoms with Gasteiger partial charge in [-0.1, -0.05) is 6.07 Å². The van der Waals surface area contributed by atoms with Crippen LogP contribution in [0, 0.1) is 10.1 Å². The average molecular weight is 633 g/mol. The number of carbonyl (C=O) groups excluding carboxylic acids is 1. The van der Waals surface area contributed by atoms with Crippen molar-refractivity contribution < 1.29 is 39.7 Å². The van der Waals surface area contributed by atoms with Crippen molar-refractivity contribution in [3.63, 3.8) is 0 Å². The second-order valence-electron chi connectivity index (χ2n) is 9.16. The van der Waals surface area contributed by atoms with Crippen LogP contribution < -0.4 is 11.1 Å². The summed E-state index contributed by atoms with van der Waals surface area (Å²) in [7, 11) is -9.42. The van der Waals surface area contributed by atoms with Crippen LogP contribution in [0.2, 0.25) is 0 Å². The molecule has 17 heteroatoms. The van der Waals surface area contributed by atoms with Gasteiger partial charge in [-0.3, -0.25) is 14.9 Å². The van der Waals surface area contributed by atoms with Gasteiger partial charge in [-0.25, -0.2) is 16.8 Å². The molecule has 1 amide bonds. The number of rotatable bonds is 9. The maximum atomic E-state index is 13.3. The number of nitrogens with two attached hydrogens (primary N) is 1. The van der Waals surface area contributed by atoms with Gasteiger partial charge in [-0.15, -0.1) is 11.3 Å². The van der Waals surface area contributed by atoms with Crippen molar-refractivity contribution >= 4 is 48.5 Å². The fourth-order valence-corrected chi connectivity index (χ4v) is 8.14. The molecule has 1 aliphatic rings. The van der Waals surface area contributed by atoms with Gasteiger partial charge < -0.3 is 11.1 Å². The molecule has 11 nitrogen and oxygen atoms in total. The maximum Gasteiger partial charge on any atom is 0.501 e. The van der Waals surface area contributed by atoms with Gasteiger partial charge in [0.2, 0.25) is 5.91 Å². The first-order valence-corrected chi connectivity index (χ1v) is 15.7. The van der Waals surface area contributed by atoms with Gasteiger partial charge in [0.05, 0.1) is 9.82 Å². The van der Waals surface area contributed by atoms with Gasteiger partial charge in [0.15, 0.2) is 0 Å². The molecule has 2 heterocycles. The van der Waals surface area contributed by atoms with Gasteiger partial charge in [0.25, 0.3) is 25.5 Å². The zero-order chi connectivity index (χ0) is 30.2. The van der Waals surface area contributed by atoms with Crippen molar-refractivity contribution in [1.29, 1.82) is 0 Å². The topological polar surface area (TPSA) is 170 Å². The van der Waals surface area contributed by atoms with Crippen molar-refractivity contribution in [2.24, 2.45) is 5.73 Å². The number of nitrogens with zero attached hydrogens (tertiary/aromatic N) is 2. The SMILES string of the molecule is NC(=O)c1ccc([N+](=O)[O-])c(Cc2ccc(S(=O)(=O)N3CCC(Nc4cccc(S(=O)(=O)C(F)(F)F)c4)CC3)s2)c1. The molecule has 220 valence electrons. The van der Waals surface area contributed by atoms with Crippen LogP contribution in [0.25, 0.3) is 0 Å². The lowest BCUT2D eigenvalue weighted by Crippen LogP contribution is -2.42. The van der Waals surface area contributed by atoms with Crippen molar-refractivity contribution in [3.05, 3.63) is 80.7 Å². The molecule has 2 aromatic carbocycles. The number of benzene rings is 2. The Morgan fingerprint density at radius 3 is 2.37 bits per heavy atom. The number of sulfone groups is 1. The third-order valence-corrected chi connectivity index (χ3v) is 11.4. The standard InChI is InChI=1S/C24H23F3N4O7S3/c25-24(26,27)40(35,36)20-3-1-2-18(14-20)29-17-8-10-30(11-9-17)41(37,38)22-7-5-19(39-22)13-16-12-15(23(28)32)4-6-21(16)31(33)34/h1-7,12,14,17,29H,8-11,13H2,(H2,28,32). The zero-order valence-electron chi connectivity index (χ0n) is 21.0. The lowest BCUT2D eigenvalue weighted by molar-refractivity contribution is -0.385. The molecule has 0 saturated carbocycles. The number of amides is 1. The Hall–Kier alpha value is -3.54. The first-order chi connectivity index (χ1) is 19.1. The summed E-state index contributed by atoms with van der Waals surface area (Å²) in [5.41, 5.74) is 0.0592. The summed E-state index contributed by atoms with van der Waals surface area (Å²) in [6, 6.07) is 10.7. The minimum Gasteiger partial charge on any atom is -0.382 e. The molecule has 0 atom stereocenters. The fourth-order valence-electron chi connectivity index (χ4n) is 4.33. The number of hydrogen-bond acceptors (Lipinski definition) is 9. The minimum absolute atomic E-state index is 0.00668. The number of hydrogen-bond donors (Lipinski definition) is 2. The highest BCUT2D eigenvalue weighted by atomic mass is 32.2. The Balaban J connectivity index is 1.43. The largest absolute Gasteiger partial charge is 0.501 e. The molecule has 0 bridgehead atoms. The molecule has 1 fully saturated rings. The average Bonchev–Trinajstić information content (AvgIpc) is 3.38. The number of nitro benzene ring substituents is 1. The van der Waals surface area contributed by atoms with E-state index in [2.05, 4.69) is 5.32 Å². The normalized spacial score (nSPS) is 15.5. The Kier molecular flexibility index (Phi) is 8.45. The molecular weight excluding hydrogens is 609 g/mol. The third kappa shape index (κ3) is 6.52. The lowest BCUT2D eigenvalue weighted by atomic mass is 10.0. The second kappa shape index (κ2) is 11.4. The number of alkyl halides is 3. The van der Waals surface area contributed by atoms with Crippen molar-refractivity contribution in [3.8, 4) is 0 Å². The quantitative estimate of drug-likeness (QED) is 0.264. The highest BCUT2D eigenvalue weighted by Gasteiger charge is 2.47. The van der Waals surface area contributed by atoms with E-state index in [-0.39, 0.29) is 52.3 Å². The first kappa shape index (κ1) is 30.4. The highest BCUT2D eigenvalue weighted by Crippen LogP contribution is 2.33. The summed E-state index contributed by atoms with van der Waals surface area (Å²) in [5.74, 6) is -0.757. The number of thiophene rings is 1. The molecular formula is C24H23F3N4O7S3. The Morgan fingerprint density at radius 1 is 1.07 bits per heavy atom. The Labute approximate surface area is 236 Å². The predicted octanol–water partition coefficient (Wildman–Crippen LogP) is 3.90. The molecule has 4 rings (SSSR count). The van der Waals surface area contributed by atoms with Gasteiger partial charge in [-0.2, -0.15) is 17.5 Å². The number of anilines is 1. The van der Waals surface area contributed by atoms with Crippen LogP contribution >= 0.6 is 11.3 Å². The number of halogens is 3. The molecule has 3 aromatic rings. The number of nitro groups is 1. The summed E-state index contributed by atoms with van der Waals surface area (Å²) >= 11 is 0.939. The minimum atomic E-state index is -5.51. The monoisotopic (exact) mass is 632 g/mol. The third-order valence-electron chi connectivity index (χ3n) is 6.43. The molecule has 1 saturated heterocycles. The van der Waals surface area contributed by atoms with Gasteiger partial charge in [-0.05, 0) is 55.3 Å². The lowest BCUT2D eigenvalue weighted by Gasteiger charge is -2.31.